The number of aromatic nitrogens is 2. The molecule has 0 saturated carbocycles. The van der Waals surface area contributed by atoms with Gasteiger partial charge < -0.3 is 5.32 Å². The average molecular weight is 169 g/mol. The third-order valence-corrected chi connectivity index (χ3v) is 0.987. The van der Waals surface area contributed by atoms with Crippen molar-refractivity contribution in [3.63, 3.8) is 0 Å². The number of hydrogen-bond acceptors (Lipinski definition) is 2. The summed E-state index contributed by atoms with van der Waals surface area (Å²) in [5.74, 6) is -0.122. The molecule has 1 amide bonds. The highest BCUT2D eigenvalue weighted by Crippen LogP contribution is 1.90. The van der Waals surface area contributed by atoms with E-state index in [0.29, 0.717) is 5.56 Å². The standard InChI is InChI=1S/C5H7N3O.C3H8/c1-6-5(9)4-2-7-8-3-4;1-3-2/h2-3H,1H3,(H,6,9)(H,7,8);3H2,1-2H3. The largest absolute Gasteiger partial charge is 0.355 e. The molecule has 1 heterocycles. The Morgan fingerprint density at radius 1 is 1.67 bits per heavy atom. The number of carbonyl (C=O) groups is 1. The van der Waals surface area contributed by atoms with Crippen molar-refractivity contribution in [2.75, 3.05) is 7.05 Å². The van der Waals surface area contributed by atoms with Crippen molar-refractivity contribution < 1.29 is 4.79 Å². The smallest absolute Gasteiger partial charge is 0.254 e. The number of carbonyl (C=O) groups excluding carboxylic acids is 1. The van der Waals surface area contributed by atoms with Gasteiger partial charge in [0.15, 0.2) is 0 Å². The van der Waals surface area contributed by atoms with E-state index in [1.54, 1.807) is 13.2 Å². The van der Waals surface area contributed by atoms with E-state index in [4.69, 9.17) is 0 Å². The normalized spacial score (nSPS) is 8.25. The first-order valence-electron chi connectivity index (χ1n) is 3.97. The van der Waals surface area contributed by atoms with Gasteiger partial charge in [-0.2, -0.15) is 5.10 Å². The number of nitrogens with one attached hydrogen (secondary N) is 2. The monoisotopic (exact) mass is 169 g/mol. The van der Waals surface area contributed by atoms with Crippen LogP contribution in [0.15, 0.2) is 12.4 Å². The van der Waals surface area contributed by atoms with Crippen LogP contribution in [0.3, 0.4) is 0 Å². The molecule has 2 N–H and O–H groups in total. The second kappa shape index (κ2) is 6.39. The van der Waals surface area contributed by atoms with Crippen LogP contribution >= 0.6 is 0 Å². The van der Waals surface area contributed by atoms with Gasteiger partial charge in [-0.3, -0.25) is 9.89 Å². The minimum Gasteiger partial charge on any atom is -0.355 e. The van der Waals surface area contributed by atoms with Crippen LogP contribution in [0.1, 0.15) is 30.6 Å². The predicted molar refractivity (Wildman–Crippen MR) is 47.9 cm³/mol. The van der Waals surface area contributed by atoms with Crippen LogP contribution in [0.2, 0.25) is 0 Å². The molecule has 0 fully saturated rings. The summed E-state index contributed by atoms with van der Waals surface area (Å²) >= 11 is 0. The molecule has 0 radical (unpaired) electrons. The number of aromatic amines is 1. The zero-order valence-electron chi connectivity index (χ0n) is 7.72. The lowest BCUT2D eigenvalue weighted by molar-refractivity contribution is 0.0963. The molecule has 4 nitrogen and oxygen atoms in total. The molecule has 0 aromatic carbocycles. The summed E-state index contributed by atoms with van der Waals surface area (Å²) in [6.07, 6.45) is 4.26. The summed E-state index contributed by atoms with van der Waals surface area (Å²) in [4.78, 5) is 10.7. The number of rotatable bonds is 1. The zero-order chi connectivity index (χ0) is 9.40. The third kappa shape index (κ3) is 3.75. The van der Waals surface area contributed by atoms with E-state index in [2.05, 4.69) is 29.4 Å². The van der Waals surface area contributed by atoms with E-state index in [9.17, 15) is 4.79 Å². The molecule has 0 unspecified atom stereocenters. The summed E-state index contributed by atoms with van der Waals surface area (Å²) in [5.41, 5.74) is 0.553. The van der Waals surface area contributed by atoms with Crippen LogP contribution in [-0.4, -0.2) is 23.2 Å². The number of nitrogens with zero attached hydrogens (tertiary/aromatic N) is 1. The molecule has 1 rings (SSSR count). The highest BCUT2D eigenvalue weighted by atomic mass is 16.1. The Labute approximate surface area is 72.4 Å². The van der Waals surface area contributed by atoms with Gasteiger partial charge in [0.1, 0.15) is 0 Å². The number of hydrogen-bond donors (Lipinski definition) is 2. The minimum absolute atomic E-state index is 0.122. The molecule has 0 saturated heterocycles. The van der Waals surface area contributed by atoms with Gasteiger partial charge in [-0.1, -0.05) is 20.3 Å². The predicted octanol–water partition coefficient (Wildman–Crippen LogP) is 1.19. The number of amides is 1. The van der Waals surface area contributed by atoms with Crippen molar-refractivity contribution in [1.82, 2.24) is 15.5 Å². The molecule has 0 spiro atoms. The topological polar surface area (TPSA) is 57.8 Å². The zero-order valence-corrected chi connectivity index (χ0v) is 7.72. The Morgan fingerprint density at radius 2 is 2.25 bits per heavy atom. The lowest BCUT2D eigenvalue weighted by atomic mass is 10.3. The molecule has 4 heteroatoms. The number of H-pyrrole nitrogens is 1. The second-order valence-corrected chi connectivity index (χ2v) is 2.27. The van der Waals surface area contributed by atoms with E-state index in [0.717, 1.165) is 0 Å². The van der Waals surface area contributed by atoms with Crippen LogP contribution in [-0.2, 0) is 0 Å². The lowest BCUT2D eigenvalue weighted by Crippen LogP contribution is -2.16. The Kier molecular flexibility index (Phi) is 5.69. The Bertz CT molecular complexity index is 206. The van der Waals surface area contributed by atoms with Crippen LogP contribution < -0.4 is 5.32 Å². The van der Waals surface area contributed by atoms with Gasteiger partial charge in [-0.25, -0.2) is 0 Å². The van der Waals surface area contributed by atoms with Gasteiger partial charge >= 0.3 is 0 Å². The van der Waals surface area contributed by atoms with Crippen molar-refractivity contribution in [1.29, 1.82) is 0 Å². The second-order valence-electron chi connectivity index (χ2n) is 2.27. The third-order valence-electron chi connectivity index (χ3n) is 0.987. The molecule has 0 aliphatic carbocycles. The van der Waals surface area contributed by atoms with E-state index in [1.165, 1.54) is 12.6 Å². The highest BCUT2D eigenvalue weighted by molar-refractivity contribution is 5.93. The quantitative estimate of drug-likeness (QED) is 0.663. The maximum absolute atomic E-state index is 10.7. The van der Waals surface area contributed by atoms with Gasteiger partial charge in [0.05, 0.1) is 11.8 Å². The van der Waals surface area contributed by atoms with Gasteiger partial charge in [0.25, 0.3) is 5.91 Å². The molecule has 12 heavy (non-hydrogen) atoms. The Balaban J connectivity index is 0.000000354. The van der Waals surface area contributed by atoms with Gasteiger partial charge in [0, 0.05) is 13.2 Å². The van der Waals surface area contributed by atoms with Crippen molar-refractivity contribution in [2.24, 2.45) is 0 Å². The molecular weight excluding hydrogens is 154 g/mol. The first-order chi connectivity index (χ1) is 5.76. The minimum atomic E-state index is -0.122. The van der Waals surface area contributed by atoms with E-state index in [1.807, 2.05) is 0 Å². The molecule has 1 aromatic heterocycles. The average Bonchev–Trinajstić information content (AvgIpc) is 2.56. The van der Waals surface area contributed by atoms with Crippen molar-refractivity contribution in [2.45, 2.75) is 20.3 Å². The summed E-state index contributed by atoms with van der Waals surface area (Å²) < 4.78 is 0. The maximum atomic E-state index is 10.7. The Morgan fingerprint density at radius 3 is 2.58 bits per heavy atom. The van der Waals surface area contributed by atoms with Crippen LogP contribution in [0.5, 0.6) is 0 Å². The van der Waals surface area contributed by atoms with Crippen molar-refractivity contribution >= 4 is 5.91 Å². The molecule has 1 aromatic rings. The molecule has 0 aliphatic rings. The molecular formula is C8H15N3O. The molecule has 0 bridgehead atoms. The van der Waals surface area contributed by atoms with Crippen LogP contribution in [0.25, 0.3) is 0 Å². The summed E-state index contributed by atoms with van der Waals surface area (Å²) in [6.45, 7) is 4.25. The summed E-state index contributed by atoms with van der Waals surface area (Å²) in [7, 11) is 1.58. The van der Waals surface area contributed by atoms with Gasteiger partial charge in [-0.15, -0.1) is 0 Å². The first-order valence-corrected chi connectivity index (χ1v) is 3.97. The summed E-state index contributed by atoms with van der Waals surface area (Å²) in [5, 5.41) is 8.61. The SMILES string of the molecule is CCC.CNC(=O)c1cn[nH]c1. The molecule has 0 aliphatic heterocycles. The van der Waals surface area contributed by atoms with Gasteiger partial charge in [-0.05, 0) is 0 Å². The van der Waals surface area contributed by atoms with E-state index in [-0.39, 0.29) is 5.91 Å². The molecule has 68 valence electrons. The van der Waals surface area contributed by atoms with E-state index >= 15 is 0 Å². The lowest BCUT2D eigenvalue weighted by Gasteiger charge is -1.89. The van der Waals surface area contributed by atoms with Crippen LogP contribution in [0.4, 0.5) is 0 Å². The van der Waals surface area contributed by atoms with Gasteiger partial charge in [0.2, 0.25) is 0 Å². The fraction of sp³-hybridized carbons (Fsp3) is 0.500. The summed E-state index contributed by atoms with van der Waals surface area (Å²) in [6, 6.07) is 0. The fourth-order valence-electron chi connectivity index (χ4n) is 0.519. The maximum Gasteiger partial charge on any atom is 0.254 e. The first kappa shape index (κ1) is 10.7. The Hall–Kier alpha value is -1.32. The van der Waals surface area contributed by atoms with E-state index < -0.39 is 0 Å². The highest BCUT2D eigenvalue weighted by Gasteiger charge is 2.00. The fourth-order valence-corrected chi connectivity index (χ4v) is 0.519. The van der Waals surface area contributed by atoms with Crippen LogP contribution in [0, 0.1) is 0 Å². The van der Waals surface area contributed by atoms with Crippen molar-refractivity contribution in [3.05, 3.63) is 18.0 Å². The van der Waals surface area contributed by atoms with Crippen molar-refractivity contribution in [3.8, 4) is 0 Å². The molecule has 0 atom stereocenters.